The van der Waals surface area contributed by atoms with Crippen LogP contribution in [0.5, 0.6) is 0 Å². The first-order valence-electron chi connectivity index (χ1n) is 18.5. The summed E-state index contributed by atoms with van der Waals surface area (Å²) in [7, 11) is 0. The average Bonchev–Trinajstić information content (AvgIpc) is 3.02. The molecule has 0 unspecified atom stereocenters. The number of allylic oxidation sites excluding steroid dienone is 6. The second kappa shape index (κ2) is 35.6. The van der Waals surface area contributed by atoms with Gasteiger partial charge in [-0.3, -0.25) is 9.59 Å². The van der Waals surface area contributed by atoms with Crippen molar-refractivity contribution in [3.63, 3.8) is 0 Å². The molecule has 0 fully saturated rings. The molecule has 0 aromatic carbocycles. The van der Waals surface area contributed by atoms with Crippen LogP contribution in [0.15, 0.2) is 36.5 Å². The largest absolute Gasteiger partial charge is 0.462 e. The van der Waals surface area contributed by atoms with Crippen LogP contribution >= 0.6 is 0 Å². The molecular weight excluding hydrogens is 548 g/mol. The van der Waals surface area contributed by atoms with Crippen LogP contribution in [-0.4, -0.2) is 36.4 Å². The van der Waals surface area contributed by atoms with Crippen molar-refractivity contribution in [3.8, 4) is 0 Å². The van der Waals surface area contributed by atoms with E-state index >= 15 is 0 Å². The number of hydrogen-bond donors (Lipinski definition) is 1. The number of unbranched alkanes of at least 4 members (excludes halogenated alkanes) is 19. The number of aliphatic hydroxyl groups excluding tert-OH is 1. The van der Waals surface area contributed by atoms with E-state index in [-0.39, 0.29) is 25.2 Å². The highest BCUT2D eigenvalue weighted by Crippen LogP contribution is 2.14. The average molecular weight is 619 g/mol. The van der Waals surface area contributed by atoms with E-state index in [9.17, 15) is 14.7 Å². The second-order valence-electron chi connectivity index (χ2n) is 12.3. The molecule has 0 rings (SSSR count). The standard InChI is InChI=1S/C39H70O5/c1-3-5-7-9-11-13-15-17-18-19-20-22-23-25-27-29-31-33-38(41)43-36-37(35-40)44-39(42)34-32-30-28-26-24-21-16-14-12-10-8-6-4-2/h11,13,17-18,20,22,37,40H,3-10,12,14-16,19,21,23-36H2,1-2H3/t37-/m0/s1. The van der Waals surface area contributed by atoms with Crippen LogP contribution in [0.25, 0.3) is 0 Å². The quantitative estimate of drug-likeness (QED) is 0.0450. The molecule has 0 bridgehead atoms. The molecule has 0 saturated heterocycles. The molecule has 256 valence electrons. The predicted octanol–water partition coefficient (Wildman–Crippen LogP) is 11.3. The van der Waals surface area contributed by atoms with Gasteiger partial charge in [-0.15, -0.1) is 0 Å². The summed E-state index contributed by atoms with van der Waals surface area (Å²) in [6.45, 7) is 4.08. The minimum atomic E-state index is -0.776. The van der Waals surface area contributed by atoms with E-state index in [0.717, 1.165) is 64.2 Å². The van der Waals surface area contributed by atoms with E-state index in [0.29, 0.717) is 12.8 Å². The van der Waals surface area contributed by atoms with Crippen LogP contribution < -0.4 is 0 Å². The van der Waals surface area contributed by atoms with Gasteiger partial charge in [-0.25, -0.2) is 0 Å². The Kier molecular flexibility index (Phi) is 34.1. The molecule has 0 spiro atoms. The lowest BCUT2D eigenvalue weighted by Gasteiger charge is -2.15. The molecule has 0 heterocycles. The topological polar surface area (TPSA) is 72.8 Å². The van der Waals surface area contributed by atoms with E-state index in [1.54, 1.807) is 0 Å². The fourth-order valence-corrected chi connectivity index (χ4v) is 5.09. The lowest BCUT2D eigenvalue weighted by molar-refractivity contribution is -0.161. The molecule has 0 aliphatic carbocycles. The van der Waals surface area contributed by atoms with E-state index in [4.69, 9.17) is 9.47 Å². The number of esters is 2. The highest BCUT2D eigenvalue weighted by molar-refractivity contribution is 5.70. The fourth-order valence-electron chi connectivity index (χ4n) is 5.09. The summed E-state index contributed by atoms with van der Waals surface area (Å²) in [5, 5.41) is 9.52. The zero-order chi connectivity index (χ0) is 32.2. The highest BCUT2D eigenvalue weighted by Gasteiger charge is 2.16. The molecule has 1 atom stereocenters. The molecule has 0 amide bonds. The Morgan fingerprint density at radius 2 is 0.909 bits per heavy atom. The van der Waals surface area contributed by atoms with E-state index < -0.39 is 6.10 Å². The number of rotatable bonds is 33. The SMILES string of the molecule is CCCCCC=CCC=CCC=CCCCCCCC(=O)OC[C@H](CO)OC(=O)CCCCCCCCCCCCCCC. The third-order valence-electron chi connectivity index (χ3n) is 7.94. The Balaban J connectivity index is 3.61. The maximum atomic E-state index is 12.1. The van der Waals surface area contributed by atoms with Gasteiger partial charge < -0.3 is 14.6 Å². The molecule has 1 N–H and O–H groups in total. The molecule has 44 heavy (non-hydrogen) atoms. The first-order valence-corrected chi connectivity index (χ1v) is 18.5. The number of carbonyl (C=O) groups is 2. The van der Waals surface area contributed by atoms with Crippen molar-refractivity contribution in [2.24, 2.45) is 0 Å². The Bertz CT molecular complexity index is 711. The molecule has 0 saturated carbocycles. The highest BCUT2D eigenvalue weighted by atomic mass is 16.6. The van der Waals surface area contributed by atoms with Gasteiger partial charge in [0.1, 0.15) is 6.61 Å². The van der Waals surface area contributed by atoms with Crippen LogP contribution in [0.3, 0.4) is 0 Å². The molecule has 0 aromatic rings. The molecule has 0 radical (unpaired) electrons. The Hall–Kier alpha value is -1.88. The first-order chi connectivity index (χ1) is 21.6. The van der Waals surface area contributed by atoms with E-state index in [2.05, 4.69) is 50.3 Å². The summed E-state index contributed by atoms with van der Waals surface area (Å²) in [5.41, 5.74) is 0. The number of aliphatic hydroxyl groups is 1. The van der Waals surface area contributed by atoms with Crippen molar-refractivity contribution in [3.05, 3.63) is 36.5 Å². The molecule has 5 heteroatoms. The van der Waals surface area contributed by atoms with Crippen LogP contribution in [0.2, 0.25) is 0 Å². The van der Waals surface area contributed by atoms with Gasteiger partial charge in [-0.2, -0.15) is 0 Å². The van der Waals surface area contributed by atoms with Gasteiger partial charge >= 0.3 is 11.9 Å². The van der Waals surface area contributed by atoms with Crippen LogP contribution in [0.1, 0.15) is 181 Å². The molecular formula is C39H70O5. The summed E-state index contributed by atoms with van der Waals surface area (Å²) in [4.78, 5) is 24.2. The zero-order valence-corrected chi connectivity index (χ0v) is 28.9. The number of carbonyl (C=O) groups excluding carboxylic acids is 2. The van der Waals surface area contributed by atoms with Gasteiger partial charge in [0.05, 0.1) is 6.61 Å². The van der Waals surface area contributed by atoms with Crippen molar-refractivity contribution in [2.45, 2.75) is 187 Å². The van der Waals surface area contributed by atoms with Crippen LogP contribution in [0, 0.1) is 0 Å². The third kappa shape index (κ3) is 33.0. The lowest BCUT2D eigenvalue weighted by Crippen LogP contribution is -2.28. The Labute approximate surface area is 272 Å². The summed E-state index contributed by atoms with van der Waals surface area (Å²) in [6.07, 6.45) is 41.9. The molecule has 0 aliphatic rings. The second-order valence-corrected chi connectivity index (χ2v) is 12.3. The van der Waals surface area contributed by atoms with Crippen molar-refractivity contribution in [1.82, 2.24) is 0 Å². The summed E-state index contributed by atoms with van der Waals surface area (Å²) in [6, 6.07) is 0. The third-order valence-corrected chi connectivity index (χ3v) is 7.94. The van der Waals surface area contributed by atoms with Crippen molar-refractivity contribution >= 4 is 11.9 Å². The minimum Gasteiger partial charge on any atom is -0.462 e. The summed E-state index contributed by atoms with van der Waals surface area (Å²) >= 11 is 0. The zero-order valence-electron chi connectivity index (χ0n) is 28.9. The Morgan fingerprint density at radius 1 is 0.523 bits per heavy atom. The Morgan fingerprint density at radius 3 is 1.41 bits per heavy atom. The monoisotopic (exact) mass is 619 g/mol. The normalized spacial score (nSPS) is 12.5. The van der Waals surface area contributed by atoms with Crippen LogP contribution in [0.4, 0.5) is 0 Å². The van der Waals surface area contributed by atoms with Gasteiger partial charge in [0.15, 0.2) is 6.10 Å². The van der Waals surface area contributed by atoms with Gasteiger partial charge in [-0.05, 0) is 51.4 Å². The smallest absolute Gasteiger partial charge is 0.306 e. The minimum absolute atomic E-state index is 0.0752. The molecule has 0 aliphatic heterocycles. The van der Waals surface area contributed by atoms with Crippen molar-refractivity contribution < 1.29 is 24.2 Å². The summed E-state index contributed by atoms with van der Waals surface area (Å²) in [5.74, 6) is -0.614. The molecule has 0 aromatic heterocycles. The maximum absolute atomic E-state index is 12.1. The van der Waals surface area contributed by atoms with Gasteiger partial charge in [-0.1, -0.05) is 153 Å². The molecule has 5 nitrogen and oxygen atoms in total. The maximum Gasteiger partial charge on any atom is 0.306 e. The number of ether oxygens (including phenoxy) is 2. The lowest BCUT2D eigenvalue weighted by atomic mass is 10.0. The van der Waals surface area contributed by atoms with Gasteiger partial charge in [0.25, 0.3) is 0 Å². The predicted molar refractivity (Wildman–Crippen MR) is 187 cm³/mol. The van der Waals surface area contributed by atoms with Gasteiger partial charge in [0.2, 0.25) is 0 Å². The summed E-state index contributed by atoms with van der Waals surface area (Å²) < 4.78 is 10.6. The van der Waals surface area contributed by atoms with Crippen molar-refractivity contribution in [2.75, 3.05) is 13.2 Å². The van der Waals surface area contributed by atoms with E-state index in [1.165, 1.54) is 89.9 Å². The first kappa shape index (κ1) is 42.1. The van der Waals surface area contributed by atoms with E-state index in [1.807, 2.05) is 0 Å². The van der Waals surface area contributed by atoms with Crippen molar-refractivity contribution in [1.29, 1.82) is 0 Å². The van der Waals surface area contributed by atoms with Gasteiger partial charge in [0, 0.05) is 12.8 Å². The fraction of sp³-hybridized carbons (Fsp3) is 0.795. The number of hydrogen-bond acceptors (Lipinski definition) is 5. The van der Waals surface area contributed by atoms with Crippen LogP contribution in [-0.2, 0) is 19.1 Å².